The molecule has 0 saturated heterocycles. The third-order valence-corrected chi connectivity index (χ3v) is 3.39. The van der Waals surface area contributed by atoms with Gasteiger partial charge in [-0.1, -0.05) is 58.1 Å². The van der Waals surface area contributed by atoms with Crippen LogP contribution in [0.3, 0.4) is 0 Å². The fourth-order valence-corrected chi connectivity index (χ4v) is 2.33. The van der Waals surface area contributed by atoms with Gasteiger partial charge in [0.25, 0.3) is 0 Å². The second-order valence-electron chi connectivity index (χ2n) is 4.56. The zero-order valence-electron chi connectivity index (χ0n) is 11.7. The lowest BCUT2D eigenvalue weighted by atomic mass is 10.1. The van der Waals surface area contributed by atoms with E-state index in [2.05, 4.69) is 27.8 Å². The Labute approximate surface area is 133 Å². The van der Waals surface area contributed by atoms with Gasteiger partial charge in [0.05, 0.1) is 19.8 Å². The Hall–Kier alpha value is -1.60. The molecule has 0 aliphatic carbocycles. The molecular weight excluding hydrogens is 328 g/mol. The maximum atomic E-state index is 8.77. The third-order valence-electron chi connectivity index (χ3n) is 2.89. The van der Waals surface area contributed by atoms with Gasteiger partial charge in [-0.15, -0.1) is 0 Å². The Morgan fingerprint density at radius 2 is 1.90 bits per heavy atom. The van der Waals surface area contributed by atoms with Gasteiger partial charge in [-0.2, -0.15) is 0 Å². The Bertz CT molecular complexity index is 641. The Morgan fingerprint density at radius 1 is 1.05 bits per heavy atom. The first-order valence-corrected chi connectivity index (χ1v) is 7.58. The minimum Gasteiger partial charge on any atom is -0.395 e. The van der Waals surface area contributed by atoms with E-state index >= 15 is 0 Å². The third kappa shape index (κ3) is 5.35. The average Bonchev–Trinajstić information content (AvgIpc) is 2.49. The van der Waals surface area contributed by atoms with Crippen LogP contribution in [-0.4, -0.2) is 11.7 Å². The maximum Gasteiger partial charge on any atom is 0.0733 e. The van der Waals surface area contributed by atoms with Crippen molar-refractivity contribution in [2.24, 2.45) is 0 Å². The zero-order valence-corrected chi connectivity index (χ0v) is 13.3. The van der Waals surface area contributed by atoms with Crippen molar-refractivity contribution in [1.29, 1.82) is 0 Å². The molecule has 0 fully saturated rings. The predicted octanol–water partition coefficient (Wildman–Crippen LogP) is 3.90. The highest BCUT2D eigenvalue weighted by atomic mass is 79.9. The van der Waals surface area contributed by atoms with Crippen LogP contribution in [0.15, 0.2) is 53.0 Å². The van der Waals surface area contributed by atoms with E-state index in [4.69, 9.17) is 9.84 Å². The summed E-state index contributed by atoms with van der Waals surface area (Å²) >= 11 is 3.45. The topological polar surface area (TPSA) is 29.5 Å². The van der Waals surface area contributed by atoms with Crippen LogP contribution in [0.1, 0.15) is 23.1 Å². The summed E-state index contributed by atoms with van der Waals surface area (Å²) in [4.78, 5) is 0. The van der Waals surface area contributed by atoms with E-state index in [0.717, 1.165) is 21.2 Å². The van der Waals surface area contributed by atoms with Crippen molar-refractivity contribution in [3.63, 3.8) is 0 Å². The molecule has 0 spiro atoms. The molecule has 0 bridgehead atoms. The molecule has 108 valence electrons. The Morgan fingerprint density at radius 3 is 2.71 bits per heavy atom. The van der Waals surface area contributed by atoms with E-state index < -0.39 is 0 Å². The molecule has 0 radical (unpaired) electrons. The highest BCUT2D eigenvalue weighted by Gasteiger charge is 2.00. The molecule has 21 heavy (non-hydrogen) atoms. The molecule has 2 rings (SSSR count). The van der Waals surface area contributed by atoms with E-state index in [1.165, 1.54) is 0 Å². The highest BCUT2D eigenvalue weighted by Crippen LogP contribution is 2.14. The number of hydrogen-bond acceptors (Lipinski definition) is 2. The van der Waals surface area contributed by atoms with E-state index in [-0.39, 0.29) is 6.61 Å². The van der Waals surface area contributed by atoms with Crippen LogP contribution in [0.5, 0.6) is 0 Å². The molecule has 0 unspecified atom stereocenters. The SMILES string of the molecule is OCCC#Cc1ccccc1COCc1cccc(Br)c1. The number of aliphatic hydroxyl groups is 1. The first-order valence-electron chi connectivity index (χ1n) is 6.79. The summed E-state index contributed by atoms with van der Waals surface area (Å²) in [6.07, 6.45) is 0.493. The predicted molar refractivity (Wildman–Crippen MR) is 87.7 cm³/mol. The normalized spacial score (nSPS) is 10.0. The zero-order chi connectivity index (χ0) is 14.9. The molecule has 0 aliphatic heterocycles. The molecule has 0 saturated carbocycles. The van der Waals surface area contributed by atoms with Crippen molar-refractivity contribution in [3.05, 3.63) is 69.7 Å². The molecule has 3 heteroatoms. The molecule has 2 aromatic rings. The number of halogens is 1. The van der Waals surface area contributed by atoms with Gasteiger partial charge in [0.2, 0.25) is 0 Å². The quantitative estimate of drug-likeness (QED) is 0.833. The van der Waals surface area contributed by atoms with Gasteiger partial charge in [0, 0.05) is 16.5 Å². The van der Waals surface area contributed by atoms with E-state index in [9.17, 15) is 0 Å². The van der Waals surface area contributed by atoms with Crippen molar-refractivity contribution in [2.75, 3.05) is 6.61 Å². The van der Waals surface area contributed by atoms with E-state index in [1.54, 1.807) is 0 Å². The highest BCUT2D eigenvalue weighted by molar-refractivity contribution is 9.10. The lowest BCUT2D eigenvalue weighted by molar-refractivity contribution is 0.107. The smallest absolute Gasteiger partial charge is 0.0733 e. The van der Waals surface area contributed by atoms with E-state index in [0.29, 0.717) is 19.6 Å². The molecule has 0 atom stereocenters. The summed E-state index contributed by atoms with van der Waals surface area (Å²) in [7, 11) is 0. The van der Waals surface area contributed by atoms with Gasteiger partial charge in [-0.3, -0.25) is 0 Å². The van der Waals surface area contributed by atoms with E-state index in [1.807, 2.05) is 48.5 Å². The summed E-state index contributed by atoms with van der Waals surface area (Å²) in [6.45, 7) is 1.18. The molecule has 1 N–H and O–H groups in total. The van der Waals surface area contributed by atoms with Crippen molar-refractivity contribution in [1.82, 2.24) is 0 Å². The molecule has 0 heterocycles. The summed E-state index contributed by atoms with van der Waals surface area (Å²) in [6, 6.07) is 16.0. The molecule has 2 nitrogen and oxygen atoms in total. The van der Waals surface area contributed by atoms with Crippen molar-refractivity contribution in [2.45, 2.75) is 19.6 Å². The molecule has 2 aromatic carbocycles. The molecule has 0 amide bonds. The first-order chi connectivity index (χ1) is 10.3. The molecule has 0 aliphatic rings. The number of rotatable bonds is 5. The van der Waals surface area contributed by atoms with Crippen molar-refractivity contribution < 1.29 is 9.84 Å². The van der Waals surface area contributed by atoms with Gasteiger partial charge < -0.3 is 9.84 Å². The lowest BCUT2D eigenvalue weighted by Gasteiger charge is -2.07. The Kier molecular flexibility index (Phi) is 6.49. The summed E-state index contributed by atoms with van der Waals surface area (Å²) in [5.74, 6) is 6.02. The molecule has 0 aromatic heterocycles. The average molecular weight is 345 g/mol. The minimum atomic E-state index is 0.0918. The first kappa shape index (κ1) is 15.8. The van der Waals surface area contributed by atoms with Crippen LogP contribution in [0.2, 0.25) is 0 Å². The van der Waals surface area contributed by atoms with Crippen LogP contribution < -0.4 is 0 Å². The van der Waals surface area contributed by atoms with Crippen molar-refractivity contribution >= 4 is 15.9 Å². The second-order valence-corrected chi connectivity index (χ2v) is 5.47. The van der Waals surface area contributed by atoms with Gasteiger partial charge in [-0.25, -0.2) is 0 Å². The van der Waals surface area contributed by atoms with Crippen molar-refractivity contribution in [3.8, 4) is 11.8 Å². The molecular formula is C18H17BrO2. The number of ether oxygens (including phenoxy) is 1. The van der Waals surface area contributed by atoms with Crippen LogP contribution >= 0.6 is 15.9 Å². The maximum absolute atomic E-state index is 8.77. The number of hydrogen-bond donors (Lipinski definition) is 1. The van der Waals surface area contributed by atoms with Crippen LogP contribution in [0.4, 0.5) is 0 Å². The fourth-order valence-electron chi connectivity index (χ4n) is 1.89. The number of aliphatic hydroxyl groups excluding tert-OH is 1. The lowest BCUT2D eigenvalue weighted by Crippen LogP contribution is -1.96. The van der Waals surface area contributed by atoms with Gasteiger partial charge in [0.15, 0.2) is 0 Å². The van der Waals surface area contributed by atoms with Crippen LogP contribution in [-0.2, 0) is 18.0 Å². The van der Waals surface area contributed by atoms with Crippen LogP contribution in [0.25, 0.3) is 0 Å². The largest absolute Gasteiger partial charge is 0.395 e. The fraction of sp³-hybridized carbons (Fsp3) is 0.222. The second kappa shape index (κ2) is 8.63. The summed E-state index contributed by atoms with van der Waals surface area (Å²) < 4.78 is 6.82. The summed E-state index contributed by atoms with van der Waals surface area (Å²) in [5, 5.41) is 8.77. The monoisotopic (exact) mass is 344 g/mol. The standard InChI is InChI=1S/C18H17BrO2/c19-18-10-5-6-15(12-18)13-21-14-17-9-2-1-7-16(17)8-3-4-11-20/h1-2,5-7,9-10,12,20H,4,11,13-14H2. The Balaban J connectivity index is 1.96. The summed E-state index contributed by atoms with van der Waals surface area (Å²) in [5.41, 5.74) is 3.16. The van der Waals surface area contributed by atoms with Crippen LogP contribution in [0, 0.1) is 11.8 Å². The van der Waals surface area contributed by atoms with Gasteiger partial charge >= 0.3 is 0 Å². The van der Waals surface area contributed by atoms with Gasteiger partial charge in [-0.05, 0) is 29.3 Å². The number of benzene rings is 2. The minimum absolute atomic E-state index is 0.0918. The van der Waals surface area contributed by atoms with Gasteiger partial charge in [0.1, 0.15) is 0 Å².